The topological polar surface area (TPSA) is 84.6 Å². The van der Waals surface area contributed by atoms with E-state index in [1.165, 1.54) is 7.11 Å². The van der Waals surface area contributed by atoms with Gasteiger partial charge >= 0.3 is 0 Å². The van der Waals surface area contributed by atoms with Crippen LogP contribution in [0.5, 0.6) is 0 Å². The van der Waals surface area contributed by atoms with Crippen molar-refractivity contribution in [2.45, 2.75) is 19.1 Å². The molecule has 5 nitrogen and oxygen atoms in total. The van der Waals surface area contributed by atoms with Gasteiger partial charge in [-0.15, -0.1) is 0 Å². The van der Waals surface area contributed by atoms with Gasteiger partial charge in [0.2, 0.25) is 0 Å². The zero-order valence-corrected chi connectivity index (χ0v) is 7.41. The molecule has 12 heavy (non-hydrogen) atoms. The fourth-order valence-electron chi connectivity index (χ4n) is 0.692. The summed E-state index contributed by atoms with van der Waals surface area (Å²) in [5, 5.41) is 11.2. The van der Waals surface area contributed by atoms with E-state index in [1.54, 1.807) is 6.92 Å². The van der Waals surface area contributed by atoms with Crippen LogP contribution in [0.25, 0.3) is 0 Å². The van der Waals surface area contributed by atoms with Crippen LogP contribution in [0, 0.1) is 0 Å². The molecule has 72 valence electrons. The number of rotatable bonds is 5. The Morgan fingerprint density at radius 1 is 1.75 bits per heavy atom. The van der Waals surface area contributed by atoms with Gasteiger partial charge in [-0.1, -0.05) is 0 Å². The van der Waals surface area contributed by atoms with Crippen molar-refractivity contribution in [1.82, 2.24) is 5.32 Å². The quantitative estimate of drug-likeness (QED) is 0.474. The molecule has 0 saturated carbocycles. The molecule has 5 heteroatoms. The first-order chi connectivity index (χ1) is 5.65. The highest BCUT2D eigenvalue weighted by Crippen LogP contribution is 1.88. The van der Waals surface area contributed by atoms with E-state index in [-0.39, 0.29) is 25.1 Å². The first-order valence-electron chi connectivity index (χ1n) is 3.79. The molecule has 0 aliphatic heterocycles. The third-order valence-electron chi connectivity index (χ3n) is 1.45. The third kappa shape index (κ3) is 3.66. The van der Waals surface area contributed by atoms with Gasteiger partial charge < -0.3 is 20.9 Å². The van der Waals surface area contributed by atoms with Crippen LogP contribution in [-0.2, 0) is 9.53 Å². The lowest BCUT2D eigenvalue weighted by atomic mass is 10.3. The van der Waals surface area contributed by atoms with Gasteiger partial charge in [-0.2, -0.15) is 0 Å². The van der Waals surface area contributed by atoms with E-state index in [1.807, 2.05) is 0 Å². The van der Waals surface area contributed by atoms with Crippen LogP contribution in [0.2, 0.25) is 0 Å². The monoisotopic (exact) mass is 176 g/mol. The van der Waals surface area contributed by atoms with Gasteiger partial charge in [0.05, 0.1) is 6.61 Å². The second-order valence-electron chi connectivity index (χ2n) is 2.55. The van der Waals surface area contributed by atoms with Crippen molar-refractivity contribution >= 4 is 5.91 Å². The summed E-state index contributed by atoms with van der Waals surface area (Å²) in [4.78, 5) is 11.1. The first kappa shape index (κ1) is 11.4. The molecule has 1 amide bonds. The van der Waals surface area contributed by atoms with Crippen LogP contribution in [0.15, 0.2) is 0 Å². The van der Waals surface area contributed by atoms with Gasteiger partial charge in [-0.05, 0) is 6.92 Å². The highest BCUT2D eigenvalue weighted by Gasteiger charge is 2.16. The molecule has 0 spiro atoms. The molecule has 0 aliphatic rings. The number of hydrogen-bond acceptors (Lipinski definition) is 4. The minimum atomic E-state index is -0.626. The van der Waals surface area contributed by atoms with E-state index in [2.05, 4.69) is 5.32 Å². The number of nitrogens with two attached hydrogens (primary N) is 1. The maximum absolute atomic E-state index is 11.1. The average Bonchev–Trinajstić information content (AvgIpc) is 2.06. The van der Waals surface area contributed by atoms with Gasteiger partial charge in [0.15, 0.2) is 0 Å². The molecule has 0 aromatic rings. The lowest BCUT2D eigenvalue weighted by Crippen LogP contribution is -2.45. The molecule has 0 heterocycles. The van der Waals surface area contributed by atoms with E-state index in [9.17, 15) is 4.79 Å². The predicted octanol–water partition coefficient (Wildman–Crippen LogP) is -1.54. The minimum Gasteiger partial charge on any atom is -0.394 e. The molecule has 0 aromatic heterocycles. The smallest absolute Gasteiger partial charge is 0.250 e. The maximum atomic E-state index is 11.1. The molecular formula is C7H16N2O3. The molecule has 0 saturated heterocycles. The number of nitrogens with one attached hydrogen (secondary N) is 1. The van der Waals surface area contributed by atoms with Crippen LogP contribution < -0.4 is 11.1 Å². The largest absolute Gasteiger partial charge is 0.394 e. The van der Waals surface area contributed by atoms with Gasteiger partial charge in [0.1, 0.15) is 6.10 Å². The highest BCUT2D eigenvalue weighted by molar-refractivity contribution is 5.81. The molecule has 0 rings (SSSR count). The second kappa shape index (κ2) is 5.93. The first-order valence-corrected chi connectivity index (χ1v) is 3.79. The van der Waals surface area contributed by atoms with Crippen molar-refractivity contribution in [2.75, 3.05) is 20.3 Å². The highest BCUT2D eigenvalue weighted by atomic mass is 16.5. The summed E-state index contributed by atoms with van der Waals surface area (Å²) in [6.07, 6.45) is -0.626. The summed E-state index contributed by atoms with van der Waals surface area (Å²) in [5.41, 5.74) is 5.25. The summed E-state index contributed by atoms with van der Waals surface area (Å²) < 4.78 is 4.79. The number of aliphatic hydroxyl groups excluding tert-OH is 1. The maximum Gasteiger partial charge on any atom is 0.250 e. The van der Waals surface area contributed by atoms with Crippen molar-refractivity contribution in [3.8, 4) is 0 Å². The van der Waals surface area contributed by atoms with Crippen LogP contribution in [-0.4, -0.2) is 43.4 Å². The Labute approximate surface area is 71.9 Å². The van der Waals surface area contributed by atoms with Crippen molar-refractivity contribution in [1.29, 1.82) is 0 Å². The molecule has 0 bridgehead atoms. The number of hydrogen-bond donors (Lipinski definition) is 3. The number of aliphatic hydroxyl groups is 1. The van der Waals surface area contributed by atoms with Gasteiger partial charge in [-0.25, -0.2) is 0 Å². The summed E-state index contributed by atoms with van der Waals surface area (Å²) in [7, 11) is 1.42. The summed E-state index contributed by atoms with van der Waals surface area (Å²) in [5.74, 6) is -0.290. The fourth-order valence-corrected chi connectivity index (χ4v) is 0.692. The zero-order chi connectivity index (χ0) is 9.56. The molecule has 0 radical (unpaired) electrons. The van der Waals surface area contributed by atoms with Crippen LogP contribution >= 0.6 is 0 Å². The minimum absolute atomic E-state index is 0.0905. The van der Waals surface area contributed by atoms with Crippen molar-refractivity contribution < 1.29 is 14.6 Å². The van der Waals surface area contributed by atoms with E-state index in [4.69, 9.17) is 15.6 Å². The number of ether oxygens (including phenoxy) is 1. The number of methoxy groups -OCH3 is 1. The molecule has 2 atom stereocenters. The average molecular weight is 176 g/mol. The summed E-state index contributed by atoms with van der Waals surface area (Å²) in [6.45, 7) is 1.74. The SMILES string of the molecule is COC(CN)C(=O)NC(C)CO. The van der Waals surface area contributed by atoms with E-state index in [0.717, 1.165) is 0 Å². The standard InChI is InChI=1S/C7H16N2O3/c1-5(4-10)9-7(11)6(3-8)12-2/h5-6,10H,3-4,8H2,1-2H3,(H,9,11). The lowest BCUT2D eigenvalue weighted by Gasteiger charge is -2.16. The molecule has 4 N–H and O–H groups in total. The Morgan fingerprint density at radius 3 is 2.67 bits per heavy atom. The Hall–Kier alpha value is -0.650. The summed E-state index contributed by atoms with van der Waals surface area (Å²) >= 11 is 0. The van der Waals surface area contributed by atoms with Gasteiger partial charge in [-0.3, -0.25) is 4.79 Å². The Morgan fingerprint density at radius 2 is 2.33 bits per heavy atom. The van der Waals surface area contributed by atoms with E-state index in [0.29, 0.717) is 0 Å². The predicted molar refractivity (Wildman–Crippen MR) is 44.5 cm³/mol. The Bertz CT molecular complexity index is 137. The Balaban J connectivity index is 3.84. The van der Waals surface area contributed by atoms with Crippen molar-refractivity contribution in [2.24, 2.45) is 5.73 Å². The third-order valence-corrected chi connectivity index (χ3v) is 1.45. The van der Waals surface area contributed by atoms with Crippen LogP contribution in [0.3, 0.4) is 0 Å². The van der Waals surface area contributed by atoms with E-state index >= 15 is 0 Å². The lowest BCUT2D eigenvalue weighted by molar-refractivity contribution is -0.131. The van der Waals surface area contributed by atoms with Gasteiger partial charge in [0, 0.05) is 19.7 Å². The fraction of sp³-hybridized carbons (Fsp3) is 0.857. The number of carbonyl (C=O) groups is 1. The Kier molecular flexibility index (Phi) is 5.61. The number of carbonyl (C=O) groups excluding carboxylic acids is 1. The van der Waals surface area contributed by atoms with Gasteiger partial charge in [0.25, 0.3) is 5.91 Å². The molecule has 2 unspecified atom stereocenters. The molecule has 0 aromatic carbocycles. The zero-order valence-electron chi connectivity index (χ0n) is 7.41. The summed E-state index contributed by atoms with van der Waals surface area (Å²) in [6, 6.07) is -0.262. The normalized spacial score (nSPS) is 15.3. The van der Waals surface area contributed by atoms with Crippen molar-refractivity contribution in [3.63, 3.8) is 0 Å². The van der Waals surface area contributed by atoms with Crippen LogP contribution in [0.1, 0.15) is 6.92 Å². The van der Waals surface area contributed by atoms with Crippen LogP contribution in [0.4, 0.5) is 0 Å². The molecule has 0 aliphatic carbocycles. The number of amides is 1. The molecular weight excluding hydrogens is 160 g/mol. The van der Waals surface area contributed by atoms with Crippen molar-refractivity contribution in [3.05, 3.63) is 0 Å². The second-order valence-corrected chi connectivity index (χ2v) is 2.55. The molecule has 0 fully saturated rings. The van der Waals surface area contributed by atoms with E-state index < -0.39 is 6.10 Å².